The summed E-state index contributed by atoms with van der Waals surface area (Å²) in [6.45, 7) is 1.78. The van der Waals surface area contributed by atoms with E-state index in [-0.39, 0.29) is 18.5 Å². The van der Waals surface area contributed by atoms with Crippen molar-refractivity contribution in [3.63, 3.8) is 0 Å². The second-order valence-electron chi connectivity index (χ2n) is 8.23. The predicted octanol–water partition coefficient (Wildman–Crippen LogP) is 5.53. The number of ether oxygens (including phenoxy) is 1. The quantitative estimate of drug-likeness (QED) is 0.494. The molecule has 5 nitrogen and oxygen atoms in total. The van der Waals surface area contributed by atoms with Gasteiger partial charge < -0.3 is 10.1 Å². The Morgan fingerprint density at radius 2 is 1.81 bits per heavy atom. The fourth-order valence-corrected chi connectivity index (χ4v) is 5.50. The molecule has 0 spiro atoms. The van der Waals surface area contributed by atoms with Gasteiger partial charge in [0.15, 0.2) is 6.61 Å². The molecule has 31 heavy (non-hydrogen) atoms. The minimum Gasteiger partial charge on any atom is -0.455 e. The summed E-state index contributed by atoms with van der Waals surface area (Å²) in [5, 5.41) is 3.83. The van der Waals surface area contributed by atoms with Gasteiger partial charge in [-0.05, 0) is 43.0 Å². The highest BCUT2D eigenvalue weighted by Gasteiger charge is 2.42. The summed E-state index contributed by atoms with van der Waals surface area (Å²) in [6, 6.07) is 15.7. The van der Waals surface area contributed by atoms with E-state index in [0.717, 1.165) is 65.0 Å². The average Bonchev–Trinajstić information content (AvgIpc) is 3.20. The lowest BCUT2D eigenvalue weighted by Crippen LogP contribution is -2.38. The van der Waals surface area contributed by atoms with E-state index in [0.29, 0.717) is 6.42 Å². The molecule has 6 heteroatoms. The zero-order valence-corrected chi connectivity index (χ0v) is 18.7. The van der Waals surface area contributed by atoms with Crippen molar-refractivity contribution in [2.75, 3.05) is 11.9 Å². The van der Waals surface area contributed by atoms with Gasteiger partial charge in [0.05, 0.1) is 20.6 Å². The zero-order valence-electron chi connectivity index (χ0n) is 17.9. The Kier molecular flexibility index (Phi) is 6.66. The molecule has 1 heterocycles. The van der Waals surface area contributed by atoms with E-state index in [4.69, 9.17) is 9.72 Å². The van der Waals surface area contributed by atoms with Crippen molar-refractivity contribution >= 4 is 39.1 Å². The number of fused-ring (bicyclic) bond motifs is 1. The van der Waals surface area contributed by atoms with Gasteiger partial charge in [-0.25, -0.2) is 4.98 Å². The third kappa shape index (κ3) is 4.96. The topological polar surface area (TPSA) is 68.3 Å². The van der Waals surface area contributed by atoms with Crippen LogP contribution in [0.1, 0.15) is 49.6 Å². The first-order valence-electron chi connectivity index (χ1n) is 11.0. The highest BCUT2D eigenvalue weighted by atomic mass is 32.1. The number of hydrogen-bond acceptors (Lipinski definition) is 5. The number of para-hydroxylation sites is 2. The summed E-state index contributed by atoms with van der Waals surface area (Å²) in [6.07, 6.45) is 6.08. The van der Waals surface area contributed by atoms with Crippen LogP contribution in [-0.2, 0) is 27.2 Å². The van der Waals surface area contributed by atoms with Crippen LogP contribution in [0.4, 0.5) is 5.69 Å². The molecule has 0 unspecified atom stereocenters. The Morgan fingerprint density at radius 1 is 1.06 bits per heavy atom. The average molecular weight is 437 g/mol. The van der Waals surface area contributed by atoms with Gasteiger partial charge in [-0.1, -0.05) is 56.5 Å². The van der Waals surface area contributed by atoms with Gasteiger partial charge in [0, 0.05) is 12.1 Å². The molecule has 1 aliphatic carbocycles. The molecule has 2 aromatic carbocycles. The number of nitrogens with one attached hydrogen (secondary N) is 1. The minimum absolute atomic E-state index is 0.265. The first-order chi connectivity index (χ1) is 15.1. The van der Waals surface area contributed by atoms with Crippen LogP contribution < -0.4 is 5.32 Å². The number of rotatable bonds is 7. The largest absolute Gasteiger partial charge is 0.455 e. The minimum atomic E-state index is -0.590. The van der Waals surface area contributed by atoms with Crippen molar-refractivity contribution in [3.8, 4) is 0 Å². The van der Waals surface area contributed by atoms with Gasteiger partial charge >= 0.3 is 5.97 Å². The van der Waals surface area contributed by atoms with Gasteiger partial charge in [-0.15, -0.1) is 11.3 Å². The number of hydrogen-bond donors (Lipinski definition) is 1. The zero-order chi connectivity index (χ0) is 21.7. The molecule has 1 amide bonds. The second kappa shape index (κ2) is 9.60. The SMILES string of the molecule is CCc1ccccc1NC(=O)COC(=O)C1(Cc2nc3ccccc3s2)CCCCC1. The number of carbonyl (C=O) groups is 2. The third-order valence-electron chi connectivity index (χ3n) is 6.08. The van der Waals surface area contributed by atoms with Crippen LogP contribution in [0.3, 0.4) is 0 Å². The summed E-state index contributed by atoms with van der Waals surface area (Å²) < 4.78 is 6.69. The maximum Gasteiger partial charge on any atom is 0.313 e. The molecule has 1 aromatic heterocycles. The highest BCUT2D eigenvalue weighted by molar-refractivity contribution is 7.18. The van der Waals surface area contributed by atoms with Gasteiger partial charge in [0.1, 0.15) is 0 Å². The standard InChI is InChI=1S/C25H28N2O3S/c1-2-18-10-4-5-11-19(18)26-22(28)17-30-24(29)25(14-8-3-9-15-25)16-23-27-20-12-6-7-13-21(20)31-23/h4-7,10-13H,2-3,8-9,14-17H2,1H3,(H,26,28). The molecule has 1 aliphatic rings. The number of aromatic nitrogens is 1. The molecule has 1 N–H and O–H groups in total. The van der Waals surface area contributed by atoms with Crippen LogP contribution in [-0.4, -0.2) is 23.5 Å². The number of aryl methyl sites for hydroxylation is 1. The smallest absolute Gasteiger partial charge is 0.313 e. The molecule has 0 saturated heterocycles. The fraction of sp³-hybridized carbons (Fsp3) is 0.400. The molecular formula is C25H28N2O3S. The number of benzene rings is 2. The molecule has 3 aromatic rings. The first-order valence-corrected chi connectivity index (χ1v) is 11.8. The normalized spacial score (nSPS) is 15.5. The lowest BCUT2D eigenvalue weighted by molar-refractivity contribution is -0.160. The Bertz CT molecular complexity index is 1040. The third-order valence-corrected chi connectivity index (χ3v) is 7.11. The van der Waals surface area contributed by atoms with Crippen LogP contribution in [0.5, 0.6) is 0 Å². The molecule has 162 valence electrons. The van der Waals surface area contributed by atoms with Crippen molar-refractivity contribution in [3.05, 3.63) is 59.1 Å². The van der Waals surface area contributed by atoms with E-state index >= 15 is 0 Å². The fourth-order valence-electron chi connectivity index (χ4n) is 4.39. The summed E-state index contributed by atoms with van der Waals surface area (Å²) in [4.78, 5) is 30.4. The van der Waals surface area contributed by atoms with E-state index in [9.17, 15) is 9.59 Å². The van der Waals surface area contributed by atoms with E-state index in [1.807, 2.05) is 49.4 Å². The molecule has 1 fully saturated rings. The van der Waals surface area contributed by atoms with Crippen LogP contribution >= 0.6 is 11.3 Å². The van der Waals surface area contributed by atoms with Crippen molar-refractivity contribution in [1.82, 2.24) is 4.98 Å². The molecule has 1 saturated carbocycles. The van der Waals surface area contributed by atoms with Gasteiger partial charge in [0.2, 0.25) is 0 Å². The van der Waals surface area contributed by atoms with Gasteiger partial charge in [0.25, 0.3) is 5.91 Å². The number of esters is 1. The van der Waals surface area contributed by atoms with E-state index < -0.39 is 5.41 Å². The Hall–Kier alpha value is -2.73. The first kappa shape index (κ1) is 21.5. The summed E-state index contributed by atoms with van der Waals surface area (Å²) in [7, 11) is 0. The molecule has 0 atom stereocenters. The monoisotopic (exact) mass is 436 g/mol. The van der Waals surface area contributed by atoms with Crippen molar-refractivity contribution < 1.29 is 14.3 Å². The van der Waals surface area contributed by atoms with Crippen LogP contribution in [0.25, 0.3) is 10.2 Å². The lowest BCUT2D eigenvalue weighted by atomic mass is 9.72. The molecule has 0 radical (unpaired) electrons. The number of carbonyl (C=O) groups excluding carboxylic acids is 2. The number of thiazole rings is 1. The second-order valence-corrected chi connectivity index (χ2v) is 9.34. The molecule has 0 aliphatic heterocycles. The summed E-state index contributed by atoms with van der Waals surface area (Å²) >= 11 is 1.64. The molecular weight excluding hydrogens is 408 g/mol. The Morgan fingerprint density at radius 3 is 2.58 bits per heavy atom. The van der Waals surface area contributed by atoms with Crippen LogP contribution in [0.15, 0.2) is 48.5 Å². The Labute approximate surface area is 186 Å². The van der Waals surface area contributed by atoms with Crippen LogP contribution in [0, 0.1) is 5.41 Å². The van der Waals surface area contributed by atoms with Crippen molar-refractivity contribution in [2.45, 2.75) is 51.9 Å². The predicted molar refractivity (Wildman–Crippen MR) is 124 cm³/mol. The van der Waals surface area contributed by atoms with E-state index in [1.54, 1.807) is 11.3 Å². The maximum absolute atomic E-state index is 13.2. The van der Waals surface area contributed by atoms with E-state index in [1.165, 1.54) is 0 Å². The van der Waals surface area contributed by atoms with Crippen LogP contribution in [0.2, 0.25) is 0 Å². The summed E-state index contributed by atoms with van der Waals surface area (Å²) in [5.41, 5.74) is 2.21. The lowest BCUT2D eigenvalue weighted by Gasteiger charge is -2.34. The van der Waals surface area contributed by atoms with Gasteiger partial charge in [-0.2, -0.15) is 0 Å². The van der Waals surface area contributed by atoms with Gasteiger partial charge in [-0.3, -0.25) is 9.59 Å². The van der Waals surface area contributed by atoms with Crippen molar-refractivity contribution in [2.24, 2.45) is 5.41 Å². The number of nitrogens with zero attached hydrogens (tertiary/aromatic N) is 1. The van der Waals surface area contributed by atoms with Crippen molar-refractivity contribution in [1.29, 1.82) is 0 Å². The molecule has 4 rings (SSSR count). The van der Waals surface area contributed by atoms with E-state index in [2.05, 4.69) is 11.4 Å². The summed E-state index contributed by atoms with van der Waals surface area (Å²) in [5.74, 6) is -0.578. The molecule has 0 bridgehead atoms. The number of anilines is 1. The highest BCUT2D eigenvalue weighted by Crippen LogP contribution is 2.41. The number of amides is 1. The maximum atomic E-state index is 13.2. The Balaban J connectivity index is 1.43.